The number of anilines is 1. The number of carbonyl (C=O) groups is 1. The molecule has 20 heavy (non-hydrogen) atoms. The molecule has 6 heteroatoms. The minimum Gasteiger partial charge on any atom is -0.422 e. The predicted octanol–water partition coefficient (Wildman–Crippen LogP) is 2.08. The third-order valence-corrected chi connectivity index (χ3v) is 2.83. The zero-order valence-corrected chi connectivity index (χ0v) is 10.6. The van der Waals surface area contributed by atoms with Crippen LogP contribution in [0.1, 0.15) is 16.1 Å². The largest absolute Gasteiger partial charge is 0.422 e. The van der Waals surface area contributed by atoms with E-state index in [1.807, 2.05) is 6.92 Å². The summed E-state index contributed by atoms with van der Waals surface area (Å²) in [5.74, 6) is -0.184. The van der Waals surface area contributed by atoms with E-state index >= 15 is 0 Å². The molecule has 0 radical (unpaired) electrons. The van der Waals surface area contributed by atoms with E-state index in [1.54, 1.807) is 30.3 Å². The van der Waals surface area contributed by atoms with Crippen molar-refractivity contribution in [2.45, 2.75) is 6.92 Å². The Morgan fingerprint density at radius 3 is 2.85 bits per heavy atom. The van der Waals surface area contributed by atoms with Gasteiger partial charge in [0.05, 0.1) is 0 Å². The summed E-state index contributed by atoms with van der Waals surface area (Å²) in [5, 5.41) is 9.82. The van der Waals surface area contributed by atoms with Gasteiger partial charge in [-0.25, -0.2) is 4.79 Å². The number of amides is 1. The van der Waals surface area contributed by atoms with Crippen molar-refractivity contribution in [2.24, 2.45) is 0 Å². The Bertz CT molecular complexity index is 848. The molecule has 0 aliphatic rings. The van der Waals surface area contributed by atoms with E-state index in [4.69, 9.17) is 4.42 Å². The van der Waals surface area contributed by atoms with E-state index in [1.165, 1.54) is 6.07 Å². The van der Waals surface area contributed by atoms with Crippen LogP contribution < -0.4 is 10.9 Å². The average molecular weight is 269 g/mol. The highest BCUT2D eigenvalue weighted by Crippen LogP contribution is 2.13. The first-order valence-electron chi connectivity index (χ1n) is 6.00. The third-order valence-electron chi connectivity index (χ3n) is 2.83. The fraction of sp³-hybridized carbons (Fsp3) is 0.0714. The van der Waals surface area contributed by atoms with Crippen LogP contribution in [-0.4, -0.2) is 16.1 Å². The smallest absolute Gasteiger partial charge is 0.349 e. The molecule has 0 atom stereocenters. The Kier molecular flexibility index (Phi) is 2.83. The topological polar surface area (TPSA) is 88.0 Å². The maximum absolute atomic E-state index is 12.1. The van der Waals surface area contributed by atoms with Crippen LogP contribution in [0.15, 0.2) is 45.6 Å². The molecule has 0 saturated heterocycles. The lowest BCUT2D eigenvalue weighted by atomic mass is 10.2. The number of para-hydroxylation sites is 1. The van der Waals surface area contributed by atoms with Crippen molar-refractivity contribution in [3.63, 3.8) is 0 Å². The van der Waals surface area contributed by atoms with Crippen molar-refractivity contribution in [1.82, 2.24) is 10.2 Å². The second-order valence-corrected chi connectivity index (χ2v) is 4.38. The van der Waals surface area contributed by atoms with Crippen LogP contribution in [0.2, 0.25) is 0 Å². The van der Waals surface area contributed by atoms with Gasteiger partial charge in [-0.05, 0) is 19.1 Å². The zero-order valence-electron chi connectivity index (χ0n) is 10.6. The summed E-state index contributed by atoms with van der Waals surface area (Å²) in [6.07, 6.45) is 0. The molecule has 2 aromatic heterocycles. The van der Waals surface area contributed by atoms with E-state index in [0.717, 1.165) is 5.69 Å². The molecule has 3 rings (SSSR count). The summed E-state index contributed by atoms with van der Waals surface area (Å²) in [6, 6.07) is 10.2. The molecule has 2 N–H and O–H groups in total. The first-order chi connectivity index (χ1) is 9.63. The van der Waals surface area contributed by atoms with Crippen molar-refractivity contribution in [3.05, 3.63) is 58.1 Å². The minimum absolute atomic E-state index is 0.0515. The number of aromatic amines is 1. The van der Waals surface area contributed by atoms with Crippen LogP contribution in [0.4, 0.5) is 5.82 Å². The van der Waals surface area contributed by atoms with Crippen molar-refractivity contribution >= 4 is 22.7 Å². The molecule has 0 aliphatic heterocycles. The lowest BCUT2D eigenvalue weighted by Gasteiger charge is -2.02. The van der Waals surface area contributed by atoms with Crippen LogP contribution in [0.3, 0.4) is 0 Å². The molecule has 3 aromatic rings. The maximum Gasteiger partial charge on any atom is 0.349 e. The summed E-state index contributed by atoms with van der Waals surface area (Å²) in [5.41, 5.74) is 0.535. The molecule has 0 bridgehead atoms. The van der Waals surface area contributed by atoms with Crippen LogP contribution in [0.25, 0.3) is 11.0 Å². The van der Waals surface area contributed by atoms with Crippen LogP contribution >= 0.6 is 0 Å². The third kappa shape index (κ3) is 2.18. The second-order valence-electron chi connectivity index (χ2n) is 4.38. The summed E-state index contributed by atoms with van der Waals surface area (Å²) >= 11 is 0. The number of nitrogens with one attached hydrogen (secondary N) is 2. The van der Waals surface area contributed by atoms with Crippen molar-refractivity contribution in [2.75, 3.05) is 5.32 Å². The normalized spacial score (nSPS) is 10.7. The summed E-state index contributed by atoms with van der Waals surface area (Å²) in [6.45, 7) is 1.81. The number of nitrogens with zero attached hydrogens (tertiary/aromatic N) is 1. The highest BCUT2D eigenvalue weighted by molar-refractivity contribution is 6.04. The van der Waals surface area contributed by atoms with Crippen LogP contribution in [0.5, 0.6) is 0 Å². The Morgan fingerprint density at radius 1 is 1.30 bits per heavy atom. The number of hydrogen-bond donors (Lipinski definition) is 2. The molecule has 2 heterocycles. The Morgan fingerprint density at radius 2 is 2.10 bits per heavy atom. The van der Waals surface area contributed by atoms with Crippen molar-refractivity contribution < 1.29 is 9.21 Å². The SMILES string of the molecule is Cc1cc(NC(=O)c2cc3ccccc3oc2=O)n[nH]1. The zero-order chi connectivity index (χ0) is 14.1. The van der Waals surface area contributed by atoms with E-state index < -0.39 is 11.5 Å². The number of aryl methyl sites for hydroxylation is 1. The molecule has 0 aliphatic carbocycles. The molecule has 0 spiro atoms. The Balaban J connectivity index is 1.98. The van der Waals surface area contributed by atoms with Crippen molar-refractivity contribution in [1.29, 1.82) is 0 Å². The van der Waals surface area contributed by atoms with Gasteiger partial charge in [0.25, 0.3) is 5.91 Å². The number of aromatic nitrogens is 2. The monoisotopic (exact) mass is 269 g/mol. The highest BCUT2D eigenvalue weighted by atomic mass is 16.4. The van der Waals surface area contributed by atoms with Crippen LogP contribution in [0, 0.1) is 6.92 Å². The molecular weight excluding hydrogens is 258 g/mol. The van der Waals surface area contributed by atoms with Gasteiger partial charge in [0.15, 0.2) is 5.82 Å². The maximum atomic E-state index is 12.1. The molecule has 6 nitrogen and oxygen atoms in total. The number of fused-ring (bicyclic) bond motifs is 1. The fourth-order valence-corrected chi connectivity index (χ4v) is 1.89. The highest BCUT2D eigenvalue weighted by Gasteiger charge is 2.14. The van der Waals surface area contributed by atoms with Crippen molar-refractivity contribution in [3.8, 4) is 0 Å². The predicted molar refractivity (Wildman–Crippen MR) is 73.8 cm³/mol. The average Bonchev–Trinajstić information content (AvgIpc) is 2.83. The van der Waals surface area contributed by atoms with E-state index in [0.29, 0.717) is 16.8 Å². The quantitative estimate of drug-likeness (QED) is 0.697. The number of rotatable bonds is 2. The van der Waals surface area contributed by atoms with Gasteiger partial charge in [0, 0.05) is 17.1 Å². The summed E-state index contributed by atoms with van der Waals surface area (Å²) in [4.78, 5) is 23.9. The van der Waals surface area contributed by atoms with Gasteiger partial charge in [0.1, 0.15) is 11.1 Å². The number of H-pyrrole nitrogens is 1. The van der Waals surface area contributed by atoms with Gasteiger partial charge in [-0.2, -0.15) is 5.10 Å². The molecule has 100 valence electrons. The molecule has 1 aromatic carbocycles. The lowest BCUT2D eigenvalue weighted by molar-refractivity contribution is 0.102. The van der Waals surface area contributed by atoms with Gasteiger partial charge < -0.3 is 9.73 Å². The van der Waals surface area contributed by atoms with Crippen LogP contribution in [-0.2, 0) is 0 Å². The number of benzene rings is 1. The summed E-state index contributed by atoms with van der Waals surface area (Å²) < 4.78 is 5.11. The molecule has 0 saturated carbocycles. The first kappa shape index (κ1) is 12.2. The number of hydrogen-bond acceptors (Lipinski definition) is 4. The fourth-order valence-electron chi connectivity index (χ4n) is 1.89. The lowest BCUT2D eigenvalue weighted by Crippen LogP contribution is -2.20. The molecule has 0 fully saturated rings. The van der Waals surface area contributed by atoms with Gasteiger partial charge in [-0.3, -0.25) is 9.89 Å². The minimum atomic E-state index is -0.673. The first-order valence-corrected chi connectivity index (χ1v) is 6.00. The second kappa shape index (κ2) is 4.65. The van der Waals surface area contributed by atoms with E-state index in [9.17, 15) is 9.59 Å². The molecule has 1 amide bonds. The van der Waals surface area contributed by atoms with E-state index in [2.05, 4.69) is 15.5 Å². The Hall–Kier alpha value is -2.89. The summed E-state index contributed by atoms with van der Waals surface area (Å²) in [7, 11) is 0. The van der Waals surface area contributed by atoms with Gasteiger partial charge in [0.2, 0.25) is 0 Å². The Labute approximate surface area is 113 Å². The van der Waals surface area contributed by atoms with E-state index in [-0.39, 0.29) is 5.56 Å². The standard InChI is InChI=1S/C14H11N3O3/c1-8-6-12(17-16-8)15-13(18)10-7-9-4-2-3-5-11(9)20-14(10)19/h2-7H,1H3,(H2,15,16,17,18). The van der Waals surface area contributed by atoms with Gasteiger partial charge in [-0.15, -0.1) is 0 Å². The molecule has 0 unspecified atom stereocenters. The van der Waals surface area contributed by atoms with Gasteiger partial charge in [-0.1, -0.05) is 18.2 Å². The molecular formula is C14H11N3O3. The van der Waals surface area contributed by atoms with Gasteiger partial charge >= 0.3 is 5.63 Å². The number of carbonyl (C=O) groups excluding carboxylic acids is 1.